The first kappa shape index (κ1) is 8.03. The van der Waals surface area contributed by atoms with Gasteiger partial charge >= 0.3 is 0 Å². The predicted molar refractivity (Wildman–Crippen MR) is 48.8 cm³/mol. The number of allylic oxidation sites excluding steroid dienone is 2. The Hall–Kier alpha value is -0.590. The fourth-order valence-corrected chi connectivity index (χ4v) is 2.67. The number of rotatable bonds is 0. The molecule has 1 heteroatoms. The number of carbonyl (C=O) groups is 1. The van der Waals surface area contributed by atoms with Crippen LogP contribution in [0.2, 0.25) is 0 Å². The van der Waals surface area contributed by atoms with Gasteiger partial charge in [-0.15, -0.1) is 0 Å². The molecule has 12 heavy (non-hydrogen) atoms. The van der Waals surface area contributed by atoms with E-state index in [2.05, 4.69) is 19.9 Å². The van der Waals surface area contributed by atoms with E-state index < -0.39 is 0 Å². The Morgan fingerprint density at radius 3 is 2.58 bits per heavy atom. The van der Waals surface area contributed by atoms with Crippen LogP contribution in [-0.2, 0) is 4.79 Å². The minimum atomic E-state index is 0.288. The van der Waals surface area contributed by atoms with Gasteiger partial charge in [-0.2, -0.15) is 0 Å². The molecule has 0 bridgehead atoms. The van der Waals surface area contributed by atoms with Crippen LogP contribution in [0.4, 0.5) is 0 Å². The largest absolute Gasteiger partial charge is 0.299 e. The number of Topliss-reactive ketones (excluding diaryl/α,β-unsaturated/α-hetero) is 1. The second kappa shape index (κ2) is 2.45. The molecule has 0 aliphatic heterocycles. The second-order valence-electron chi connectivity index (χ2n) is 4.29. The Labute approximate surface area is 73.8 Å². The lowest BCUT2D eigenvalue weighted by Crippen LogP contribution is -2.43. The summed E-state index contributed by atoms with van der Waals surface area (Å²) in [6.07, 6.45) is 6.60. The first-order valence-corrected chi connectivity index (χ1v) is 4.87. The van der Waals surface area contributed by atoms with Gasteiger partial charge < -0.3 is 0 Å². The molecule has 0 aromatic carbocycles. The summed E-state index contributed by atoms with van der Waals surface area (Å²) in [4.78, 5) is 11.5. The lowest BCUT2D eigenvalue weighted by Gasteiger charge is -2.49. The monoisotopic (exact) mass is 164 g/mol. The van der Waals surface area contributed by atoms with Gasteiger partial charge in [0.1, 0.15) is 5.78 Å². The van der Waals surface area contributed by atoms with E-state index in [4.69, 9.17) is 0 Å². The maximum Gasteiger partial charge on any atom is 0.140 e. The molecule has 1 spiro atoms. The van der Waals surface area contributed by atoms with Crippen molar-refractivity contribution in [3.05, 3.63) is 11.6 Å². The van der Waals surface area contributed by atoms with Crippen LogP contribution in [0.3, 0.4) is 0 Å². The molecule has 0 N–H and O–H groups in total. The van der Waals surface area contributed by atoms with Gasteiger partial charge in [-0.25, -0.2) is 0 Å². The van der Waals surface area contributed by atoms with Crippen molar-refractivity contribution < 1.29 is 4.79 Å². The predicted octanol–water partition coefficient (Wildman–Crippen LogP) is 2.71. The smallest absolute Gasteiger partial charge is 0.140 e. The number of hydrogen-bond donors (Lipinski definition) is 0. The molecule has 1 nitrogen and oxygen atoms in total. The Kier molecular flexibility index (Phi) is 1.64. The lowest BCUT2D eigenvalue weighted by atomic mass is 9.55. The topological polar surface area (TPSA) is 17.1 Å². The third kappa shape index (κ3) is 0.825. The first-order valence-electron chi connectivity index (χ1n) is 4.87. The zero-order valence-electron chi connectivity index (χ0n) is 7.89. The zero-order valence-corrected chi connectivity index (χ0v) is 7.89. The molecule has 0 aromatic rings. The van der Waals surface area contributed by atoms with E-state index in [1.807, 2.05) is 0 Å². The SMILES string of the molecule is CC1=CCC(=O)C(C)C12CCC2. The molecular formula is C11H16O. The van der Waals surface area contributed by atoms with Gasteiger partial charge in [0.25, 0.3) is 0 Å². The third-order valence-corrected chi connectivity index (χ3v) is 3.95. The van der Waals surface area contributed by atoms with Crippen LogP contribution >= 0.6 is 0 Å². The van der Waals surface area contributed by atoms with E-state index in [0.29, 0.717) is 17.6 Å². The van der Waals surface area contributed by atoms with E-state index in [0.717, 1.165) is 0 Å². The highest BCUT2D eigenvalue weighted by Crippen LogP contribution is 2.54. The van der Waals surface area contributed by atoms with Crippen molar-refractivity contribution in [2.24, 2.45) is 11.3 Å². The van der Waals surface area contributed by atoms with Crippen LogP contribution in [0.25, 0.3) is 0 Å². The van der Waals surface area contributed by atoms with Crippen LogP contribution in [0.5, 0.6) is 0 Å². The molecule has 0 aromatic heterocycles. The third-order valence-electron chi connectivity index (χ3n) is 3.95. The first-order chi connectivity index (χ1) is 5.67. The normalized spacial score (nSPS) is 33.0. The van der Waals surface area contributed by atoms with E-state index in [1.54, 1.807) is 0 Å². The van der Waals surface area contributed by atoms with Crippen molar-refractivity contribution in [2.45, 2.75) is 39.5 Å². The van der Waals surface area contributed by atoms with Crippen molar-refractivity contribution in [2.75, 3.05) is 0 Å². The summed E-state index contributed by atoms with van der Waals surface area (Å²) in [5.74, 6) is 0.733. The summed E-state index contributed by atoms with van der Waals surface area (Å²) in [7, 11) is 0. The lowest BCUT2D eigenvalue weighted by molar-refractivity contribution is -0.127. The van der Waals surface area contributed by atoms with Gasteiger partial charge in [-0.05, 0) is 19.8 Å². The van der Waals surface area contributed by atoms with Crippen LogP contribution in [0.15, 0.2) is 11.6 Å². The van der Waals surface area contributed by atoms with Crippen molar-refractivity contribution in [3.8, 4) is 0 Å². The Bertz CT molecular complexity index is 246. The van der Waals surface area contributed by atoms with Crippen molar-refractivity contribution in [1.29, 1.82) is 0 Å². The fraction of sp³-hybridized carbons (Fsp3) is 0.727. The molecular weight excluding hydrogens is 148 g/mol. The van der Waals surface area contributed by atoms with Crippen LogP contribution in [0, 0.1) is 11.3 Å². The molecule has 0 radical (unpaired) electrons. The Morgan fingerprint density at radius 2 is 2.17 bits per heavy atom. The number of hydrogen-bond acceptors (Lipinski definition) is 1. The van der Waals surface area contributed by atoms with Gasteiger partial charge in [-0.1, -0.05) is 25.0 Å². The summed E-state index contributed by atoms with van der Waals surface area (Å²) in [5, 5.41) is 0. The highest BCUT2D eigenvalue weighted by Gasteiger charge is 2.47. The standard InChI is InChI=1S/C11H16O/c1-8-4-5-10(12)9(2)11(8)6-3-7-11/h4,9H,3,5-7H2,1-2H3. The molecule has 2 rings (SSSR count). The van der Waals surface area contributed by atoms with Gasteiger partial charge in [0.2, 0.25) is 0 Å². The molecule has 2 aliphatic carbocycles. The van der Waals surface area contributed by atoms with Gasteiger partial charge in [0.15, 0.2) is 0 Å². The maximum atomic E-state index is 11.5. The van der Waals surface area contributed by atoms with Crippen LogP contribution < -0.4 is 0 Å². The van der Waals surface area contributed by atoms with E-state index in [-0.39, 0.29) is 5.92 Å². The summed E-state index contributed by atoms with van der Waals surface area (Å²) in [6.45, 7) is 4.31. The molecule has 66 valence electrons. The van der Waals surface area contributed by atoms with Gasteiger partial charge in [-0.3, -0.25) is 4.79 Å². The van der Waals surface area contributed by atoms with E-state index in [1.165, 1.54) is 24.8 Å². The highest BCUT2D eigenvalue weighted by atomic mass is 16.1. The average molecular weight is 164 g/mol. The van der Waals surface area contributed by atoms with Crippen molar-refractivity contribution in [3.63, 3.8) is 0 Å². The minimum Gasteiger partial charge on any atom is -0.299 e. The summed E-state index contributed by atoms with van der Waals surface area (Å²) < 4.78 is 0. The Balaban J connectivity index is 2.34. The van der Waals surface area contributed by atoms with Gasteiger partial charge in [0.05, 0.1) is 0 Å². The summed E-state index contributed by atoms with van der Waals surface area (Å²) in [6, 6.07) is 0. The Morgan fingerprint density at radius 1 is 1.50 bits per heavy atom. The van der Waals surface area contributed by atoms with E-state index >= 15 is 0 Å². The average Bonchev–Trinajstić information content (AvgIpc) is 1.95. The molecule has 0 amide bonds. The van der Waals surface area contributed by atoms with Crippen molar-refractivity contribution in [1.82, 2.24) is 0 Å². The second-order valence-corrected chi connectivity index (χ2v) is 4.29. The highest BCUT2D eigenvalue weighted by molar-refractivity contribution is 5.85. The molecule has 1 fully saturated rings. The van der Waals surface area contributed by atoms with Crippen LogP contribution in [0.1, 0.15) is 39.5 Å². The zero-order chi connectivity index (χ0) is 8.77. The quantitative estimate of drug-likeness (QED) is 0.503. The molecule has 1 atom stereocenters. The molecule has 0 saturated heterocycles. The van der Waals surface area contributed by atoms with Crippen molar-refractivity contribution >= 4 is 5.78 Å². The molecule has 2 aliphatic rings. The molecule has 1 unspecified atom stereocenters. The summed E-state index contributed by atoms with van der Waals surface area (Å²) >= 11 is 0. The maximum absolute atomic E-state index is 11.5. The number of ketones is 1. The minimum absolute atomic E-state index is 0.288. The number of carbonyl (C=O) groups excluding carboxylic acids is 1. The fourth-order valence-electron chi connectivity index (χ4n) is 2.67. The van der Waals surface area contributed by atoms with E-state index in [9.17, 15) is 4.79 Å². The van der Waals surface area contributed by atoms with Gasteiger partial charge in [0, 0.05) is 17.8 Å². The molecule has 1 saturated carbocycles. The summed E-state index contributed by atoms with van der Waals surface area (Å²) in [5.41, 5.74) is 1.77. The molecule has 0 heterocycles. The van der Waals surface area contributed by atoms with Crippen LogP contribution in [-0.4, -0.2) is 5.78 Å².